The summed E-state index contributed by atoms with van der Waals surface area (Å²) in [6.45, 7) is 0. The highest BCUT2D eigenvalue weighted by Gasteiger charge is 2.17. The van der Waals surface area contributed by atoms with E-state index in [2.05, 4.69) is 126 Å². The summed E-state index contributed by atoms with van der Waals surface area (Å²) >= 11 is 0. The van der Waals surface area contributed by atoms with Gasteiger partial charge in [0.2, 0.25) is 0 Å². The van der Waals surface area contributed by atoms with E-state index >= 15 is 0 Å². The van der Waals surface area contributed by atoms with Gasteiger partial charge in [-0.15, -0.1) is 0 Å². The fourth-order valence-corrected chi connectivity index (χ4v) is 5.76. The van der Waals surface area contributed by atoms with Gasteiger partial charge in [0.1, 0.15) is 11.1 Å². The van der Waals surface area contributed by atoms with Crippen molar-refractivity contribution >= 4 is 43.9 Å². The molecule has 5 aromatic carbocycles. The van der Waals surface area contributed by atoms with E-state index < -0.39 is 0 Å². The molecule has 8 rings (SSSR count). The summed E-state index contributed by atoms with van der Waals surface area (Å²) in [5.74, 6) is 0. The summed E-state index contributed by atoms with van der Waals surface area (Å²) in [7, 11) is 0. The predicted molar refractivity (Wildman–Crippen MR) is 157 cm³/mol. The monoisotopic (exact) mass is 486 g/mol. The van der Waals surface area contributed by atoms with Crippen LogP contribution in [0.3, 0.4) is 0 Å². The Morgan fingerprint density at radius 1 is 0.500 bits per heavy atom. The molecule has 38 heavy (non-hydrogen) atoms. The Hall–Kier alpha value is -5.15. The molecule has 0 unspecified atom stereocenters. The van der Waals surface area contributed by atoms with Crippen molar-refractivity contribution in [1.29, 1.82) is 0 Å². The van der Waals surface area contributed by atoms with Crippen LogP contribution in [0.1, 0.15) is 0 Å². The van der Waals surface area contributed by atoms with Crippen LogP contribution in [0.5, 0.6) is 0 Å². The lowest BCUT2D eigenvalue weighted by Crippen LogP contribution is -1.94. The molecule has 8 aromatic rings. The highest BCUT2D eigenvalue weighted by atomic mass is 16.3. The van der Waals surface area contributed by atoms with Gasteiger partial charge >= 0.3 is 0 Å². The lowest BCUT2D eigenvalue weighted by Gasteiger charge is -2.10. The van der Waals surface area contributed by atoms with E-state index in [1.165, 1.54) is 21.8 Å². The van der Waals surface area contributed by atoms with Crippen LogP contribution in [0.4, 0.5) is 0 Å². The molecule has 0 fully saturated rings. The number of pyridine rings is 1. The summed E-state index contributed by atoms with van der Waals surface area (Å²) in [6.07, 6.45) is 1.88. The lowest BCUT2D eigenvalue weighted by atomic mass is 10.0. The Morgan fingerprint density at radius 3 is 1.92 bits per heavy atom. The zero-order valence-electron chi connectivity index (χ0n) is 20.5. The fraction of sp³-hybridized carbons (Fsp3) is 0. The Bertz CT molecular complexity index is 2080. The van der Waals surface area contributed by atoms with Crippen LogP contribution in [0.15, 0.2) is 138 Å². The van der Waals surface area contributed by atoms with E-state index in [1.807, 2.05) is 12.3 Å². The van der Waals surface area contributed by atoms with Crippen LogP contribution < -0.4 is 0 Å². The van der Waals surface area contributed by atoms with Gasteiger partial charge in [0, 0.05) is 39.2 Å². The minimum absolute atomic E-state index is 0.810. The second-order valence-corrected chi connectivity index (χ2v) is 9.61. The van der Waals surface area contributed by atoms with Crippen LogP contribution in [0.2, 0.25) is 0 Å². The molecule has 0 aliphatic rings. The highest BCUT2D eigenvalue weighted by molar-refractivity contribution is 6.11. The maximum atomic E-state index is 6.63. The second kappa shape index (κ2) is 8.19. The molecule has 0 N–H and O–H groups in total. The third-order valence-corrected chi connectivity index (χ3v) is 7.46. The minimum Gasteiger partial charge on any atom is -0.453 e. The number of benzene rings is 5. The number of fused-ring (bicyclic) bond motifs is 6. The maximum Gasteiger partial charge on any atom is 0.161 e. The first-order valence-electron chi connectivity index (χ1n) is 12.8. The molecule has 0 aliphatic heterocycles. The van der Waals surface area contributed by atoms with E-state index in [1.54, 1.807) is 0 Å². The van der Waals surface area contributed by atoms with Gasteiger partial charge in [0.25, 0.3) is 0 Å². The predicted octanol–water partition coefficient (Wildman–Crippen LogP) is 9.41. The summed E-state index contributed by atoms with van der Waals surface area (Å²) in [6, 6.07) is 44.6. The number of nitrogens with zero attached hydrogens (tertiary/aromatic N) is 2. The topological polar surface area (TPSA) is 31.0 Å². The molecule has 0 aliphatic carbocycles. The molecule has 3 heteroatoms. The van der Waals surface area contributed by atoms with Gasteiger partial charge in [0.15, 0.2) is 5.58 Å². The fourth-order valence-electron chi connectivity index (χ4n) is 5.76. The van der Waals surface area contributed by atoms with E-state index in [4.69, 9.17) is 9.40 Å². The van der Waals surface area contributed by atoms with Crippen molar-refractivity contribution in [3.63, 3.8) is 0 Å². The molecule has 0 bridgehead atoms. The largest absolute Gasteiger partial charge is 0.453 e. The summed E-state index contributed by atoms with van der Waals surface area (Å²) in [5, 5.41) is 3.54. The number of hydrogen-bond donors (Lipinski definition) is 0. The average Bonchev–Trinajstić information content (AvgIpc) is 3.54. The van der Waals surface area contributed by atoms with Crippen molar-refractivity contribution in [3.05, 3.63) is 134 Å². The van der Waals surface area contributed by atoms with Gasteiger partial charge in [-0.3, -0.25) is 4.98 Å². The Balaban J connectivity index is 1.36. The lowest BCUT2D eigenvalue weighted by molar-refractivity contribution is 0.670. The van der Waals surface area contributed by atoms with Crippen molar-refractivity contribution in [2.45, 2.75) is 0 Å². The zero-order valence-corrected chi connectivity index (χ0v) is 20.5. The quantitative estimate of drug-likeness (QED) is 0.249. The highest BCUT2D eigenvalue weighted by Crippen LogP contribution is 2.39. The van der Waals surface area contributed by atoms with Crippen LogP contribution in [-0.4, -0.2) is 9.55 Å². The number of hydrogen-bond acceptors (Lipinski definition) is 2. The van der Waals surface area contributed by atoms with Crippen molar-refractivity contribution in [2.24, 2.45) is 0 Å². The number of para-hydroxylation sites is 3. The molecular weight excluding hydrogens is 464 g/mol. The molecule has 3 nitrogen and oxygen atoms in total. The van der Waals surface area contributed by atoms with Gasteiger partial charge in [-0.05, 0) is 47.5 Å². The van der Waals surface area contributed by atoms with E-state index in [0.717, 1.165) is 50.0 Å². The molecule has 0 radical (unpaired) electrons. The molecule has 0 atom stereocenters. The van der Waals surface area contributed by atoms with Crippen LogP contribution in [-0.2, 0) is 0 Å². The van der Waals surface area contributed by atoms with Crippen LogP contribution in [0, 0.1) is 0 Å². The molecule has 0 saturated carbocycles. The van der Waals surface area contributed by atoms with Crippen molar-refractivity contribution in [1.82, 2.24) is 9.55 Å². The van der Waals surface area contributed by atoms with Crippen molar-refractivity contribution in [2.75, 3.05) is 0 Å². The molecule has 3 heterocycles. The summed E-state index contributed by atoms with van der Waals surface area (Å²) in [4.78, 5) is 4.75. The Morgan fingerprint density at radius 2 is 1.13 bits per heavy atom. The van der Waals surface area contributed by atoms with Gasteiger partial charge in [-0.25, -0.2) is 0 Å². The molecule has 3 aromatic heterocycles. The third-order valence-electron chi connectivity index (χ3n) is 7.46. The smallest absolute Gasteiger partial charge is 0.161 e. The minimum atomic E-state index is 0.810. The van der Waals surface area contributed by atoms with Gasteiger partial charge in [0.05, 0.1) is 11.0 Å². The molecule has 178 valence electrons. The zero-order chi connectivity index (χ0) is 25.1. The van der Waals surface area contributed by atoms with Gasteiger partial charge < -0.3 is 8.98 Å². The molecule has 0 spiro atoms. The van der Waals surface area contributed by atoms with Gasteiger partial charge in [-0.1, -0.05) is 91.0 Å². The first-order chi connectivity index (χ1) is 18.9. The van der Waals surface area contributed by atoms with Crippen LogP contribution in [0.25, 0.3) is 71.8 Å². The number of furan rings is 1. The third kappa shape index (κ3) is 3.06. The SMILES string of the molecule is c1ccc(-c2cccc3c2oc2c(-c4cccc(-n5c6ccccc6c6ccccc65)c4)ccnc23)cc1. The Kier molecular flexibility index (Phi) is 4.52. The molecule has 0 amide bonds. The van der Waals surface area contributed by atoms with E-state index in [-0.39, 0.29) is 0 Å². The van der Waals surface area contributed by atoms with Crippen molar-refractivity contribution in [3.8, 4) is 27.9 Å². The first kappa shape index (κ1) is 21.0. The molecular formula is C35H22N2O. The normalized spacial score (nSPS) is 11.7. The number of aromatic nitrogens is 2. The Labute approximate surface area is 219 Å². The van der Waals surface area contributed by atoms with E-state index in [0.29, 0.717) is 0 Å². The number of rotatable bonds is 3. The van der Waals surface area contributed by atoms with Crippen LogP contribution >= 0.6 is 0 Å². The maximum absolute atomic E-state index is 6.63. The molecule has 0 saturated heterocycles. The van der Waals surface area contributed by atoms with E-state index in [9.17, 15) is 0 Å². The second-order valence-electron chi connectivity index (χ2n) is 9.61. The first-order valence-corrected chi connectivity index (χ1v) is 12.8. The summed E-state index contributed by atoms with van der Waals surface area (Å²) in [5.41, 5.74) is 10.4. The average molecular weight is 487 g/mol. The standard InChI is InChI=1S/C35H22N2O/c1-2-10-23(11-3-1)26-16-9-17-30-33-35(38-34(26)30)27(20-21-36-33)24-12-8-13-25(22-24)37-31-18-6-4-14-28(31)29-15-5-7-19-32(29)37/h1-22H. The van der Waals surface area contributed by atoms with Gasteiger partial charge in [-0.2, -0.15) is 0 Å². The summed E-state index contributed by atoms with van der Waals surface area (Å²) < 4.78 is 8.97. The van der Waals surface area contributed by atoms with Crippen molar-refractivity contribution < 1.29 is 4.42 Å².